The van der Waals surface area contributed by atoms with E-state index in [2.05, 4.69) is 11.9 Å². The molecule has 3 atom stereocenters. The predicted octanol–water partition coefficient (Wildman–Crippen LogP) is 2.57. The fourth-order valence-electron chi connectivity index (χ4n) is 2.47. The minimum atomic E-state index is -1.12. The Labute approximate surface area is 114 Å². The summed E-state index contributed by atoms with van der Waals surface area (Å²) in [6.07, 6.45) is 1.42. The van der Waals surface area contributed by atoms with Gasteiger partial charge in [0, 0.05) is 12.8 Å². The maximum Gasteiger partial charge on any atom is 0.411 e. The van der Waals surface area contributed by atoms with Crippen molar-refractivity contribution >= 4 is 6.09 Å². The van der Waals surface area contributed by atoms with Crippen molar-refractivity contribution < 1.29 is 19.0 Å². The molecule has 1 aliphatic carbocycles. The molecule has 1 aliphatic heterocycles. The van der Waals surface area contributed by atoms with Gasteiger partial charge in [-0.05, 0) is 33.6 Å². The monoisotopic (exact) mass is 269 g/mol. The second kappa shape index (κ2) is 4.80. The maximum atomic E-state index is 11.8. The number of carbonyl (C=O) groups excluding carboxylic acids is 1. The highest BCUT2D eigenvalue weighted by Crippen LogP contribution is 2.38. The van der Waals surface area contributed by atoms with Gasteiger partial charge in [0.05, 0.1) is 12.7 Å². The first-order valence-electron chi connectivity index (χ1n) is 6.69. The van der Waals surface area contributed by atoms with E-state index in [1.54, 1.807) is 6.92 Å². The number of rotatable bonds is 1. The summed E-state index contributed by atoms with van der Waals surface area (Å²) in [7, 11) is 0. The molecule has 3 unspecified atom stereocenters. The van der Waals surface area contributed by atoms with Gasteiger partial charge in [-0.25, -0.2) is 4.79 Å². The molecule has 108 valence electrons. The number of hydrogen-bond acceptors (Lipinski definition) is 4. The standard InChI is InChI=1S/C14H23NO4/c1-9-6-7-11-10(9)8-17-14(5,18-11)15-12(16)19-13(2,3)4/h10-11H,1,6-8H2,2-5H3,(H,15,16). The first kappa shape index (κ1) is 14.3. The van der Waals surface area contributed by atoms with Gasteiger partial charge in [0.1, 0.15) is 5.60 Å². The summed E-state index contributed by atoms with van der Waals surface area (Å²) in [5, 5.41) is 2.64. The van der Waals surface area contributed by atoms with E-state index in [9.17, 15) is 4.79 Å². The number of hydrogen-bond donors (Lipinski definition) is 1. The van der Waals surface area contributed by atoms with E-state index in [1.807, 2.05) is 20.8 Å². The summed E-state index contributed by atoms with van der Waals surface area (Å²) in [5.41, 5.74) is 0.628. The summed E-state index contributed by atoms with van der Waals surface area (Å²) in [6.45, 7) is 11.7. The van der Waals surface area contributed by atoms with Gasteiger partial charge in [-0.1, -0.05) is 12.2 Å². The Hall–Kier alpha value is -1.07. The van der Waals surface area contributed by atoms with E-state index in [0.717, 1.165) is 12.8 Å². The van der Waals surface area contributed by atoms with Crippen molar-refractivity contribution in [3.8, 4) is 0 Å². The van der Waals surface area contributed by atoms with Crippen LogP contribution in [-0.2, 0) is 14.2 Å². The lowest BCUT2D eigenvalue weighted by molar-refractivity contribution is -0.304. The van der Waals surface area contributed by atoms with Crippen molar-refractivity contribution in [2.75, 3.05) is 6.61 Å². The summed E-state index contributed by atoms with van der Waals surface area (Å²) in [6, 6.07) is 0. The molecule has 1 amide bonds. The minimum absolute atomic E-state index is 0.0705. The maximum absolute atomic E-state index is 11.8. The molecule has 0 aromatic rings. The van der Waals surface area contributed by atoms with Crippen LogP contribution >= 0.6 is 0 Å². The molecule has 5 heteroatoms. The van der Waals surface area contributed by atoms with Crippen molar-refractivity contribution in [1.82, 2.24) is 5.32 Å². The third-order valence-electron chi connectivity index (χ3n) is 3.37. The summed E-state index contributed by atoms with van der Waals surface area (Å²) >= 11 is 0. The van der Waals surface area contributed by atoms with Crippen molar-refractivity contribution in [2.45, 2.75) is 58.2 Å². The molecule has 0 aromatic carbocycles. The van der Waals surface area contributed by atoms with E-state index in [-0.39, 0.29) is 12.0 Å². The summed E-state index contributed by atoms with van der Waals surface area (Å²) < 4.78 is 16.7. The van der Waals surface area contributed by atoms with Crippen LogP contribution in [0.4, 0.5) is 4.79 Å². The minimum Gasteiger partial charge on any atom is -0.444 e. The Morgan fingerprint density at radius 1 is 1.53 bits per heavy atom. The summed E-state index contributed by atoms with van der Waals surface area (Å²) in [5.74, 6) is -0.873. The molecule has 0 spiro atoms. The zero-order valence-electron chi connectivity index (χ0n) is 12.1. The number of alkyl carbamates (subject to hydrolysis) is 1. The second-order valence-corrected chi connectivity index (χ2v) is 6.34. The average molecular weight is 269 g/mol. The first-order chi connectivity index (χ1) is 8.69. The largest absolute Gasteiger partial charge is 0.444 e. The Morgan fingerprint density at radius 3 is 2.84 bits per heavy atom. The molecule has 1 N–H and O–H groups in total. The van der Waals surface area contributed by atoms with Crippen LogP contribution in [-0.4, -0.2) is 30.3 Å². The van der Waals surface area contributed by atoms with Crippen LogP contribution < -0.4 is 5.32 Å². The lowest BCUT2D eigenvalue weighted by Gasteiger charge is -2.40. The molecule has 19 heavy (non-hydrogen) atoms. The molecule has 2 aliphatic rings. The molecule has 0 bridgehead atoms. The number of fused-ring (bicyclic) bond motifs is 1. The summed E-state index contributed by atoms with van der Waals surface area (Å²) in [4.78, 5) is 11.8. The normalized spacial score (nSPS) is 34.8. The van der Waals surface area contributed by atoms with Crippen molar-refractivity contribution in [1.29, 1.82) is 0 Å². The van der Waals surface area contributed by atoms with E-state index in [1.165, 1.54) is 5.57 Å². The van der Waals surface area contributed by atoms with E-state index in [4.69, 9.17) is 14.2 Å². The first-order valence-corrected chi connectivity index (χ1v) is 6.69. The van der Waals surface area contributed by atoms with Gasteiger partial charge in [0.25, 0.3) is 5.91 Å². The second-order valence-electron chi connectivity index (χ2n) is 6.34. The predicted molar refractivity (Wildman–Crippen MR) is 70.5 cm³/mol. The van der Waals surface area contributed by atoms with Crippen LogP contribution in [0.15, 0.2) is 12.2 Å². The Bertz CT molecular complexity index is 387. The molecule has 2 rings (SSSR count). The van der Waals surface area contributed by atoms with Crippen LogP contribution in [0.5, 0.6) is 0 Å². The Morgan fingerprint density at radius 2 is 2.21 bits per heavy atom. The number of carbonyl (C=O) groups is 1. The van der Waals surface area contributed by atoms with Gasteiger partial charge in [0.2, 0.25) is 0 Å². The van der Waals surface area contributed by atoms with Gasteiger partial charge in [-0.2, -0.15) is 0 Å². The molecular formula is C14H23NO4. The Kier molecular flexibility index (Phi) is 3.62. The highest BCUT2D eigenvalue weighted by Gasteiger charge is 2.44. The molecule has 2 fully saturated rings. The van der Waals surface area contributed by atoms with Crippen LogP contribution in [0.2, 0.25) is 0 Å². The van der Waals surface area contributed by atoms with Gasteiger partial charge in [-0.3, -0.25) is 5.32 Å². The molecule has 1 heterocycles. The third kappa shape index (κ3) is 3.48. The van der Waals surface area contributed by atoms with Gasteiger partial charge in [-0.15, -0.1) is 0 Å². The van der Waals surface area contributed by atoms with Gasteiger partial charge in [0.15, 0.2) is 0 Å². The quantitative estimate of drug-likeness (QED) is 0.743. The van der Waals surface area contributed by atoms with E-state index < -0.39 is 17.6 Å². The van der Waals surface area contributed by atoms with Crippen molar-refractivity contribution in [3.05, 3.63) is 12.2 Å². The molecule has 5 nitrogen and oxygen atoms in total. The number of nitrogens with one attached hydrogen (secondary N) is 1. The highest BCUT2D eigenvalue weighted by atomic mass is 16.7. The fraction of sp³-hybridized carbons (Fsp3) is 0.786. The van der Waals surface area contributed by atoms with Gasteiger partial charge < -0.3 is 14.2 Å². The fourth-order valence-corrected chi connectivity index (χ4v) is 2.47. The van der Waals surface area contributed by atoms with Gasteiger partial charge >= 0.3 is 6.09 Å². The SMILES string of the molecule is C=C1CCC2OC(C)(NC(=O)OC(C)(C)C)OCC12. The smallest absolute Gasteiger partial charge is 0.411 e. The Balaban J connectivity index is 1.93. The number of amides is 1. The lowest BCUT2D eigenvalue weighted by atomic mass is 10.0. The molecule has 1 saturated carbocycles. The van der Waals surface area contributed by atoms with Crippen LogP contribution in [0.1, 0.15) is 40.5 Å². The van der Waals surface area contributed by atoms with E-state index >= 15 is 0 Å². The van der Waals surface area contributed by atoms with Crippen molar-refractivity contribution in [3.63, 3.8) is 0 Å². The lowest BCUT2D eigenvalue weighted by Crippen LogP contribution is -2.57. The zero-order valence-corrected chi connectivity index (χ0v) is 12.1. The molecular weight excluding hydrogens is 246 g/mol. The van der Waals surface area contributed by atoms with Crippen LogP contribution in [0.25, 0.3) is 0 Å². The third-order valence-corrected chi connectivity index (χ3v) is 3.37. The molecule has 1 saturated heterocycles. The van der Waals surface area contributed by atoms with Crippen molar-refractivity contribution in [2.24, 2.45) is 5.92 Å². The molecule has 0 radical (unpaired) electrons. The van der Waals surface area contributed by atoms with Crippen LogP contribution in [0, 0.1) is 5.92 Å². The molecule has 0 aromatic heterocycles. The average Bonchev–Trinajstić information content (AvgIpc) is 2.55. The zero-order chi connectivity index (χ0) is 14.3. The van der Waals surface area contributed by atoms with Crippen LogP contribution in [0.3, 0.4) is 0 Å². The topological polar surface area (TPSA) is 56.8 Å². The number of ether oxygens (including phenoxy) is 3. The van der Waals surface area contributed by atoms with E-state index in [0.29, 0.717) is 6.61 Å². The highest BCUT2D eigenvalue weighted by molar-refractivity contribution is 5.68.